The summed E-state index contributed by atoms with van der Waals surface area (Å²) in [6, 6.07) is 6.34. The predicted octanol–water partition coefficient (Wildman–Crippen LogP) is 1.81. The second kappa shape index (κ2) is 5.29. The van der Waals surface area contributed by atoms with E-state index in [0.29, 0.717) is 6.04 Å². The number of hydrogen-bond donors (Lipinski definition) is 2. The van der Waals surface area contributed by atoms with Crippen LogP contribution in [0.1, 0.15) is 31.2 Å². The normalized spacial score (nSPS) is 15.8. The van der Waals surface area contributed by atoms with E-state index in [4.69, 9.17) is 11.5 Å². The smallest absolute Gasteiger partial charge is 0.236 e. The third-order valence-corrected chi connectivity index (χ3v) is 3.51. The van der Waals surface area contributed by atoms with Crippen molar-refractivity contribution in [1.82, 2.24) is 0 Å². The maximum atomic E-state index is 11.3. The standard InChI is InChI=1S/C14H21N3O/c1-10-6-11(15)8-13(7-10)17(9-14(16)18)12-4-2-3-5-12/h6-8,12H,2-5,9,15H2,1H3,(H2,16,18). The van der Waals surface area contributed by atoms with E-state index in [1.54, 1.807) is 0 Å². The second-order valence-corrected chi connectivity index (χ2v) is 5.13. The molecule has 0 saturated heterocycles. The van der Waals surface area contributed by atoms with Gasteiger partial charge in [-0.15, -0.1) is 0 Å². The monoisotopic (exact) mass is 247 g/mol. The molecule has 1 aromatic rings. The Morgan fingerprint density at radius 1 is 1.33 bits per heavy atom. The van der Waals surface area contributed by atoms with Crippen LogP contribution in [0.25, 0.3) is 0 Å². The van der Waals surface area contributed by atoms with Crippen molar-refractivity contribution >= 4 is 17.3 Å². The van der Waals surface area contributed by atoms with Crippen molar-refractivity contribution in [2.24, 2.45) is 5.73 Å². The Kier molecular flexibility index (Phi) is 3.75. The van der Waals surface area contributed by atoms with Gasteiger partial charge in [0.25, 0.3) is 0 Å². The van der Waals surface area contributed by atoms with Crippen LogP contribution in [-0.2, 0) is 4.79 Å². The summed E-state index contributed by atoms with van der Waals surface area (Å²) in [4.78, 5) is 13.4. The molecule has 4 nitrogen and oxygen atoms in total. The largest absolute Gasteiger partial charge is 0.399 e. The van der Waals surface area contributed by atoms with Crippen LogP contribution in [0.15, 0.2) is 18.2 Å². The average Bonchev–Trinajstić information content (AvgIpc) is 2.77. The summed E-state index contributed by atoms with van der Waals surface area (Å²) in [5.74, 6) is -0.290. The highest BCUT2D eigenvalue weighted by atomic mass is 16.1. The van der Waals surface area contributed by atoms with Crippen molar-refractivity contribution in [3.8, 4) is 0 Å². The van der Waals surface area contributed by atoms with Crippen LogP contribution in [0.5, 0.6) is 0 Å². The number of aryl methyl sites for hydroxylation is 1. The van der Waals surface area contributed by atoms with Gasteiger partial charge < -0.3 is 16.4 Å². The van der Waals surface area contributed by atoms with E-state index in [2.05, 4.69) is 11.0 Å². The molecule has 0 aromatic heterocycles. The average molecular weight is 247 g/mol. The van der Waals surface area contributed by atoms with Crippen LogP contribution in [0.3, 0.4) is 0 Å². The first kappa shape index (κ1) is 12.7. The maximum Gasteiger partial charge on any atom is 0.236 e. The summed E-state index contributed by atoms with van der Waals surface area (Å²) in [5, 5.41) is 0. The van der Waals surface area contributed by atoms with Crippen molar-refractivity contribution < 1.29 is 4.79 Å². The van der Waals surface area contributed by atoms with Crippen LogP contribution in [0, 0.1) is 6.92 Å². The highest BCUT2D eigenvalue weighted by Gasteiger charge is 2.24. The van der Waals surface area contributed by atoms with Crippen LogP contribution in [-0.4, -0.2) is 18.5 Å². The number of nitrogens with two attached hydrogens (primary N) is 2. The molecule has 0 heterocycles. The Balaban J connectivity index is 2.28. The fourth-order valence-electron chi connectivity index (χ4n) is 2.77. The van der Waals surface area contributed by atoms with Gasteiger partial charge in [-0.3, -0.25) is 4.79 Å². The Morgan fingerprint density at radius 2 is 2.00 bits per heavy atom. The molecule has 98 valence electrons. The molecule has 1 saturated carbocycles. The molecule has 0 atom stereocenters. The summed E-state index contributed by atoms with van der Waals surface area (Å²) >= 11 is 0. The number of benzene rings is 1. The quantitative estimate of drug-likeness (QED) is 0.797. The molecular weight excluding hydrogens is 226 g/mol. The molecule has 0 spiro atoms. The Labute approximate surface area is 108 Å². The van der Waals surface area contributed by atoms with Crippen LogP contribution >= 0.6 is 0 Å². The minimum absolute atomic E-state index is 0.271. The summed E-state index contributed by atoms with van der Waals surface area (Å²) in [6.07, 6.45) is 4.70. The summed E-state index contributed by atoms with van der Waals surface area (Å²) < 4.78 is 0. The minimum atomic E-state index is -0.290. The summed E-state index contributed by atoms with van der Waals surface area (Å²) in [6.45, 7) is 2.28. The van der Waals surface area contributed by atoms with Crippen molar-refractivity contribution in [2.45, 2.75) is 38.6 Å². The lowest BCUT2D eigenvalue weighted by Crippen LogP contribution is -2.40. The van der Waals surface area contributed by atoms with Crippen LogP contribution in [0.2, 0.25) is 0 Å². The lowest BCUT2D eigenvalue weighted by Gasteiger charge is -2.30. The number of amides is 1. The summed E-state index contributed by atoms with van der Waals surface area (Å²) in [5.41, 5.74) is 14.1. The topological polar surface area (TPSA) is 72.3 Å². The van der Waals surface area contributed by atoms with Gasteiger partial charge in [-0.2, -0.15) is 0 Å². The molecule has 18 heavy (non-hydrogen) atoms. The number of anilines is 2. The number of carbonyl (C=O) groups is 1. The highest BCUT2D eigenvalue weighted by Crippen LogP contribution is 2.29. The number of primary amides is 1. The van der Waals surface area contributed by atoms with Gasteiger partial charge in [-0.25, -0.2) is 0 Å². The van der Waals surface area contributed by atoms with Crippen molar-refractivity contribution in [2.75, 3.05) is 17.2 Å². The number of nitrogen functional groups attached to an aromatic ring is 1. The Morgan fingerprint density at radius 3 is 2.56 bits per heavy atom. The molecule has 1 fully saturated rings. The fourth-order valence-corrected chi connectivity index (χ4v) is 2.77. The van der Waals surface area contributed by atoms with E-state index in [0.717, 1.165) is 29.8 Å². The first-order chi connectivity index (χ1) is 8.56. The molecule has 4 N–H and O–H groups in total. The van der Waals surface area contributed by atoms with E-state index in [9.17, 15) is 4.79 Å². The minimum Gasteiger partial charge on any atom is -0.399 e. The van der Waals surface area contributed by atoms with Gasteiger partial charge in [0, 0.05) is 17.4 Å². The third-order valence-electron chi connectivity index (χ3n) is 3.51. The van der Waals surface area contributed by atoms with Gasteiger partial charge in [0.2, 0.25) is 5.91 Å². The molecule has 1 aliphatic carbocycles. The van der Waals surface area contributed by atoms with Crippen molar-refractivity contribution in [1.29, 1.82) is 0 Å². The molecule has 1 amide bonds. The highest BCUT2D eigenvalue weighted by molar-refractivity contribution is 5.80. The predicted molar refractivity (Wildman–Crippen MR) is 74.4 cm³/mol. The molecule has 2 rings (SSSR count). The maximum absolute atomic E-state index is 11.3. The zero-order valence-electron chi connectivity index (χ0n) is 10.9. The first-order valence-electron chi connectivity index (χ1n) is 6.48. The van der Waals surface area contributed by atoms with E-state index in [1.807, 2.05) is 19.1 Å². The van der Waals surface area contributed by atoms with Gasteiger partial charge in [-0.05, 0) is 43.5 Å². The lowest BCUT2D eigenvalue weighted by molar-refractivity contribution is -0.116. The number of nitrogens with zero attached hydrogens (tertiary/aromatic N) is 1. The molecule has 0 aliphatic heterocycles. The molecule has 0 bridgehead atoms. The molecule has 1 aromatic carbocycles. The SMILES string of the molecule is Cc1cc(N)cc(N(CC(N)=O)C2CCCC2)c1. The number of rotatable bonds is 4. The third kappa shape index (κ3) is 2.94. The molecular formula is C14H21N3O. The summed E-state index contributed by atoms with van der Waals surface area (Å²) in [7, 11) is 0. The van der Waals surface area contributed by atoms with Crippen LogP contribution in [0.4, 0.5) is 11.4 Å². The molecule has 0 radical (unpaired) electrons. The molecule has 1 aliphatic rings. The Bertz CT molecular complexity index is 418. The van der Waals surface area contributed by atoms with E-state index < -0.39 is 0 Å². The van der Waals surface area contributed by atoms with E-state index in [1.165, 1.54) is 12.8 Å². The van der Waals surface area contributed by atoms with Gasteiger partial charge in [-0.1, -0.05) is 12.8 Å². The van der Waals surface area contributed by atoms with Crippen molar-refractivity contribution in [3.63, 3.8) is 0 Å². The Hall–Kier alpha value is -1.71. The lowest BCUT2D eigenvalue weighted by atomic mass is 10.1. The number of hydrogen-bond acceptors (Lipinski definition) is 3. The zero-order chi connectivity index (χ0) is 13.1. The van der Waals surface area contributed by atoms with Gasteiger partial charge in [0.1, 0.15) is 0 Å². The van der Waals surface area contributed by atoms with Crippen molar-refractivity contribution in [3.05, 3.63) is 23.8 Å². The van der Waals surface area contributed by atoms with Gasteiger partial charge in [0.05, 0.1) is 6.54 Å². The molecule has 0 unspecified atom stereocenters. The van der Waals surface area contributed by atoms with Gasteiger partial charge >= 0.3 is 0 Å². The van der Waals surface area contributed by atoms with E-state index >= 15 is 0 Å². The second-order valence-electron chi connectivity index (χ2n) is 5.13. The van der Waals surface area contributed by atoms with Crippen LogP contribution < -0.4 is 16.4 Å². The van der Waals surface area contributed by atoms with E-state index in [-0.39, 0.29) is 12.5 Å². The molecule has 4 heteroatoms. The number of carbonyl (C=O) groups excluding carboxylic acids is 1. The fraction of sp³-hybridized carbons (Fsp3) is 0.500. The first-order valence-corrected chi connectivity index (χ1v) is 6.48. The zero-order valence-corrected chi connectivity index (χ0v) is 10.9. The van der Waals surface area contributed by atoms with Gasteiger partial charge in [0.15, 0.2) is 0 Å².